The molecule has 1 unspecified atom stereocenters. The van der Waals surface area contributed by atoms with Gasteiger partial charge in [-0.25, -0.2) is 4.99 Å². The molecule has 3 aliphatic rings. The first-order valence-electron chi connectivity index (χ1n) is 9.92. The third kappa shape index (κ3) is 3.13. The lowest BCUT2D eigenvalue weighted by Gasteiger charge is -2.45. The Morgan fingerprint density at radius 1 is 1.00 bits per heavy atom. The molecule has 0 aromatic heterocycles. The van der Waals surface area contributed by atoms with E-state index in [2.05, 4.69) is 46.0 Å². The summed E-state index contributed by atoms with van der Waals surface area (Å²) in [6.45, 7) is 4.61. The summed E-state index contributed by atoms with van der Waals surface area (Å²) < 4.78 is 0. The smallest absolute Gasteiger partial charge is 0.220 e. The molecule has 26 heavy (non-hydrogen) atoms. The van der Waals surface area contributed by atoms with E-state index in [0.29, 0.717) is 11.9 Å². The number of rotatable bonds is 2. The Hall–Kier alpha value is -2.24. The number of anilines is 2. The molecular formula is C20H30N6. The maximum absolute atomic E-state index is 6.31. The lowest BCUT2D eigenvalue weighted by molar-refractivity contribution is 0.305. The van der Waals surface area contributed by atoms with Crippen molar-refractivity contribution >= 4 is 23.3 Å². The molecule has 6 nitrogen and oxygen atoms in total. The molecular weight excluding hydrogens is 324 g/mol. The van der Waals surface area contributed by atoms with E-state index >= 15 is 0 Å². The van der Waals surface area contributed by atoms with E-state index in [0.717, 1.165) is 50.4 Å². The van der Waals surface area contributed by atoms with Crippen LogP contribution in [0.1, 0.15) is 51.9 Å². The molecule has 1 saturated carbocycles. The van der Waals surface area contributed by atoms with Gasteiger partial charge in [-0.2, -0.15) is 4.99 Å². The molecule has 1 spiro atoms. The predicted molar refractivity (Wildman–Crippen MR) is 109 cm³/mol. The maximum atomic E-state index is 6.31. The van der Waals surface area contributed by atoms with Gasteiger partial charge < -0.3 is 16.4 Å². The SMILES string of the molecule is CC1CCCN(c2ccc(N3C(N)=NC(N)=NC34CCCCC4)cc2)C1. The van der Waals surface area contributed by atoms with Gasteiger partial charge in [0, 0.05) is 24.5 Å². The number of guanidine groups is 2. The Morgan fingerprint density at radius 2 is 1.69 bits per heavy atom. The minimum atomic E-state index is -0.366. The molecule has 6 heteroatoms. The monoisotopic (exact) mass is 354 g/mol. The van der Waals surface area contributed by atoms with Crippen molar-refractivity contribution in [1.82, 2.24) is 0 Å². The van der Waals surface area contributed by atoms with Gasteiger partial charge in [-0.05, 0) is 68.7 Å². The van der Waals surface area contributed by atoms with Crippen LogP contribution in [0.25, 0.3) is 0 Å². The number of hydrogen-bond acceptors (Lipinski definition) is 6. The molecule has 1 aromatic carbocycles. The average molecular weight is 355 g/mol. The molecule has 0 radical (unpaired) electrons. The molecule has 0 bridgehead atoms. The summed E-state index contributed by atoms with van der Waals surface area (Å²) in [5, 5.41) is 0. The standard InChI is InChI=1S/C20H30N6/c1-15-6-5-13-25(14-15)16-7-9-17(10-8-16)26-19(22)23-18(21)24-20(26)11-3-2-4-12-20/h7-10,15H,2-6,11-14H2,1H3,(H4,21,22,23,24). The van der Waals surface area contributed by atoms with Crippen molar-refractivity contribution in [3.63, 3.8) is 0 Å². The summed E-state index contributed by atoms with van der Waals surface area (Å²) in [4.78, 5) is 13.6. The number of nitrogens with zero attached hydrogens (tertiary/aromatic N) is 4. The van der Waals surface area contributed by atoms with Gasteiger partial charge in [0.25, 0.3) is 0 Å². The molecule has 2 fully saturated rings. The second-order valence-electron chi connectivity index (χ2n) is 8.03. The molecule has 4 N–H and O–H groups in total. The molecule has 1 atom stereocenters. The van der Waals surface area contributed by atoms with Gasteiger partial charge in [-0.1, -0.05) is 13.3 Å². The quantitative estimate of drug-likeness (QED) is 0.855. The van der Waals surface area contributed by atoms with Crippen molar-refractivity contribution in [3.8, 4) is 0 Å². The first-order chi connectivity index (χ1) is 12.6. The van der Waals surface area contributed by atoms with Gasteiger partial charge in [0.05, 0.1) is 0 Å². The van der Waals surface area contributed by atoms with Gasteiger partial charge in [-0.3, -0.25) is 4.90 Å². The Balaban J connectivity index is 1.62. The van der Waals surface area contributed by atoms with Gasteiger partial charge >= 0.3 is 0 Å². The maximum Gasteiger partial charge on any atom is 0.220 e. The highest BCUT2D eigenvalue weighted by Crippen LogP contribution is 2.39. The molecule has 1 aliphatic carbocycles. The van der Waals surface area contributed by atoms with Crippen LogP contribution in [0.15, 0.2) is 34.3 Å². The van der Waals surface area contributed by atoms with E-state index in [-0.39, 0.29) is 5.66 Å². The zero-order valence-electron chi connectivity index (χ0n) is 15.7. The third-order valence-corrected chi connectivity index (χ3v) is 5.98. The minimum absolute atomic E-state index is 0.305. The molecule has 2 aliphatic heterocycles. The van der Waals surface area contributed by atoms with E-state index in [9.17, 15) is 0 Å². The lowest BCUT2D eigenvalue weighted by Crippen LogP contribution is -2.58. The van der Waals surface area contributed by atoms with Gasteiger partial charge in [-0.15, -0.1) is 0 Å². The topological polar surface area (TPSA) is 83.2 Å². The largest absolute Gasteiger partial charge is 0.371 e. The number of nitrogens with two attached hydrogens (primary N) is 2. The Bertz CT molecular complexity index is 702. The number of hydrogen-bond donors (Lipinski definition) is 2. The zero-order chi connectivity index (χ0) is 18.1. The summed E-state index contributed by atoms with van der Waals surface area (Å²) >= 11 is 0. The van der Waals surface area contributed by atoms with Crippen LogP contribution in [-0.2, 0) is 0 Å². The summed E-state index contributed by atoms with van der Waals surface area (Å²) in [7, 11) is 0. The van der Waals surface area contributed by atoms with Gasteiger partial charge in [0.1, 0.15) is 5.66 Å². The molecule has 0 amide bonds. The van der Waals surface area contributed by atoms with E-state index in [1.165, 1.54) is 24.9 Å². The summed E-state index contributed by atoms with van der Waals surface area (Å²) in [5.41, 5.74) is 14.2. The highest BCUT2D eigenvalue weighted by atomic mass is 15.4. The fraction of sp³-hybridized carbons (Fsp3) is 0.600. The first kappa shape index (κ1) is 17.2. The van der Waals surface area contributed by atoms with Crippen LogP contribution in [-0.4, -0.2) is 30.7 Å². The zero-order valence-corrected chi connectivity index (χ0v) is 15.7. The van der Waals surface area contributed by atoms with Gasteiger partial charge in [0.2, 0.25) is 11.9 Å². The van der Waals surface area contributed by atoms with Crippen molar-refractivity contribution in [2.24, 2.45) is 27.4 Å². The van der Waals surface area contributed by atoms with E-state index in [1.54, 1.807) is 0 Å². The fourth-order valence-corrected chi connectivity index (χ4v) is 4.73. The molecule has 2 heterocycles. The average Bonchev–Trinajstić information content (AvgIpc) is 2.62. The van der Waals surface area contributed by atoms with E-state index in [4.69, 9.17) is 16.5 Å². The lowest BCUT2D eigenvalue weighted by atomic mass is 9.87. The van der Waals surface area contributed by atoms with E-state index < -0.39 is 0 Å². The number of piperidine rings is 1. The van der Waals surface area contributed by atoms with Crippen LogP contribution >= 0.6 is 0 Å². The second-order valence-corrected chi connectivity index (χ2v) is 8.03. The van der Waals surface area contributed by atoms with Crippen molar-refractivity contribution in [3.05, 3.63) is 24.3 Å². The predicted octanol–water partition coefficient (Wildman–Crippen LogP) is 3.03. The second kappa shape index (κ2) is 6.82. The van der Waals surface area contributed by atoms with Crippen LogP contribution in [0, 0.1) is 5.92 Å². The van der Waals surface area contributed by atoms with Crippen LogP contribution in [0.3, 0.4) is 0 Å². The highest BCUT2D eigenvalue weighted by molar-refractivity contribution is 6.05. The first-order valence-corrected chi connectivity index (χ1v) is 9.92. The third-order valence-electron chi connectivity index (χ3n) is 5.98. The fourth-order valence-electron chi connectivity index (χ4n) is 4.73. The normalized spacial score (nSPS) is 25.8. The van der Waals surface area contributed by atoms with E-state index in [1.807, 2.05) is 0 Å². The van der Waals surface area contributed by atoms with Crippen LogP contribution in [0.2, 0.25) is 0 Å². The Labute approximate surface area is 156 Å². The van der Waals surface area contributed by atoms with Crippen molar-refractivity contribution in [2.45, 2.75) is 57.5 Å². The summed E-state index contributed by atoms with van der Waals surface area (Å²) in [6, 6.07) is 8.73. The summed E-state index contributed by atoms with van der Waals surface area (Å²) in [5.74, 6) is 1.52. The minimum Gasteiger partial charge on any atom is -0.371 e. The molecule has 1 aromatic rings. The summed E-state index contributed by atoms with van der Waals surface area (Å²) in [6.07, 6.45) is 8.07. The molecule has 4 rings (SSSR count). The molecule has 140 valence electrons. The Kier molecular flexibility index (Phi) is 4.51. The van der Waals surface area contributed by atoms with Gasteiger partial charge in [0.15, 0.2) is 0 Å². The highest BCUT2D eigenvalue weighted by Gasteiger charge is 2.42. The Morgan fingerprint density at radius 3 is 2.38 bits per heavy atom. The van der Waals surface area contributed by atoms with Crippen LogP contribution < -0.4 is 21.3 Å². The van der Waals surface area contributed by atoms with Crippen LogP contribution in [0.5, 0.6) is 0 Å². The number of benzene rings is 1. The van der Waals surface area contributed by atoms with Crippen LogP contribution in [0.4, 0.5) is 11.4 Å². The van der Waals surface area contributed by atoms with Crippen molar-refractivity contribution in [2.75, 3.05) is 22.9 Å². The molecule has 1 saturated heterocycles. The van der Waals surface area contributed by atoms with Crippen molar-refractivity contribution < 1.29 is 0 Å². The number of aliphatic imine (C=N–C) groups is 2. The van der Waals surface area contributed by atoms with Crippen molar-refractivity contribution in [1.29, 1.82) is 0 Å².